The summed E-state index contributed by atoms with van der Waals surface area (Å²) in [5.41, 5.74) is 3.46. The van der Waals surface area contributed by atoms with Crippen LogP contribution in [0.4, 0.5) is 10.8 Å². The first-order chi connectivity index (χ1) is 14.6. The first-order valence-electron chi connectivity index (χ1n) is 10.5. The number of hydrogen-bond acceptors (Lipinski definition) is 6. The minimum Gasteiger partial charge on any atom is -0.493 e. The van der Waals surface area contributed by atoms with Crippen molar-refractivity contribution in [2.75, 3.05) is 44.0 Å². The van der Waals surface area contributed by atoms with E-state index >= 15 is 0 Å². The third-order valence-electron chi connectivity index (χ3n) is 6.05. The quantitative estimate of drug-likeness (QED) is 0.688. The smallest absolute Gasteiger partial charge is 0.255 e. The molecule has 1 fully saturated rings. The number of fused-ring (bicyclic) bond motifs is 2. The Bertz CT molecular complexity index is 1090. The molecule has 0 spiro atoms. The van der Waals surface area contributed by atoms with E-state index in [-0.39, 0.29) is 5.91 Å². The predicted molar refractivity (Wildman–Crippen MR) is 122 cm³/mol. The van der Waals surface area contributed by atoms with Crippen molar-refractivity contribution in [2.24, 2.45) is 0 Å². The van der Waals surface area contributed by atoms with Crippen molar-refractivity contribution in [1.82, 2.24) is 9.88 Å². The van der Waals surface area contributed by atoms with Gasteiger partial charge in [-0.25, -0.2) is 4.98 Å². The summed E-state index contributed by atoms with van der Waals surface area (Å²) in [6, 6.07) is 12.3. The van der Waals surface area contributed by atoms with Crippen molar-refractivity contribution < 1.29 is 9.53 Å². The van der Waals surface area contributed by atoms with Gasteiger partial charge in [0.2, 0.25) is 0 Å². The molecule has 2 aliphatic heterocycles. The molecule has 6 nitrogen and oxygen atoms in total. The van der Waals surface area contributed by atoms with Crippen molar-refractivity contribution in [3.05, 3.63) is 47.5 Å². The van der Waals surface area contributed by atoms with Gasteiger partial charge in [0, 0.05) is 36.8 Å². The average Bonchev–Trinajstić information content (AvgIpc) is 3.39. The number of carbonyl (C=O) groups is 1. The third-order valence-corrected chi connectivity index (χ3v) is 7.15. The lowest BCUT2D eigenvalue weighted by atomic mass is 10.0. The number of amides is 1. The Labute approximate surface area is 180 Å². The summed E-state index contributed by atoms with van der Waals surface area (Å²) < 4.78 is 6.67. The average molecular weight is 423 g/mol. The zero-order chi connectivity index (χ0) is 20.7. The fourth-order valence-electron chi connectivity index (χ4n) is 4.23. The summed E-state index contributed by atoms with van der Waals surface area (Å²) in [5, 5.41) is 4.09. The standard InChI is InChI=1S/C23H26N4O2S/c1-26(2)18-7-10-27(11-8-18)23-25-19-14-17(4-6-21(19)30-23)24-22(28)16-3-5-20-15(13-16)9-12-29-20/h3-6,13-14,18H,7-12H2,1-2H3,(H,24,28). The molecule has 1 amide bonds. The normalized spacial score (nSPS) is 16.7. The van der Waals surface area contributed by atoms with Crippen molar-refractivity contribution in [3.63, 3.8) is 0 Å². The molecule has 156 valence electrons. The number of rotatable bonds is 4. The zero-order valence-electron chi connectivity index (χ0n) is 17.4. The highest BCUT2D eigenvalue weighted by molar-refractivity contribution is 7.22. The molecule has 1 aromatic heterocycles. The monoisotopic (exact) mass is 422 g/mol. The number of thiazole rings is 1. The van der Waals surface area contributed by atoms with E-state index in [9.17, 15) is 4.79 Å². The fourth-order valence-corrected chi connectivity index (χ4v) is 5.23. The lowest BCUT2D eigenvalue weighted by Gasteiger charge is -2.34. The summed E-state index contributed by atoms with van der Waals surface area (Å²) in [6.07, 6.45) is 3.18. The summed E-state index contributed by atoms with van der Waals surface area (Å²) in [4.78, 5) is 22.3. The molecular formula is C23H26N4O2S. The first kappa shape index (κ1) is 19.3. The van der Waals surface area contributed by atoms with Crippen LogP contribution >= 0.6 is 11.3 Å². The lowest BCUT2D eigenvalue weighted by molar-refractivity contribution is 0.102. The molecule has 1 N–H and O–H groups in total. The molecule has 0 aliphatic carbocycles. The molecule has 2 aromatic carbocycles. The van der Waals surface area contributed by atoms with E-state index in [0.717, 1.165) is 64.7 Å². The molecule has 0 unspecified atom stereocenters. The molecule has 0 radical (unpaired) electrons. The highest BCUT2D eigenvalue weighted by Crippen LogP contribution is 2.33. The molecule has 7 heteroatoms. The van der Waals surface area contributed by atoms with Crippen LogP contribution in [0.15, 0.2) is 36.4 Å². The number of aromatic nitrogens is 1. The van der Waals surface area contributed by atoms with Gasteiger partial charge < -0.3 is 19.9 Å². The van der Waals surface area contributed by atoms with Gasteiger partial charge in [0.15, 0.2) is 5.13 Å². The van der Waals surface area contributed by atoms with Crippen LogP contribution in [-0.2, 0) is 6.42 Å². The summed E-state index contributed by atoms with van der Waals surface area (Å²) >= 11 is 1.73. The minimum absolute atomic E-state index is 0.106. The number of benzene rings is 2. The number of hydrogen-bond donors (Lipinski definition) is 1. The summed E-state index contributed by atoms with van der Waals surface area (Å²) in [7, 11) is 4.31. The van der Waals surface area contributed by atoms with Gasteiger partial charge in [-0.3, -0.25) is 4.79 Å². The van der Waals surface area contributed by atoms with Gasteiger partial charge in [-0.15, -0.1) is 0 Å². The summed E-state index contributed by atoms with van der Waals surface area (Å²) in [6.45, 7) is 2.76. The van der Waals surface area contributed by atoms with Crippen LogP contribution in [0.25, 0.3) is 10.2 Å². The van der Waals surface area contributed by atoms with Crippen molar-refractivity contribution >= 4 is 38.3 Å². The molecule has 3 heterocycles. The van der Waals surface area contributed by atoms with Crippen molar-refractivity contribution in [2.45, 2.75) is 25.3 Å². The number of piperidine rings is 1. The lowest BCUT2D eigenvalue weighted by Crippen LogP contribution is -2.41. The van der Waals surface area contributed by atoms with Crippen LogP contribution in [0, 0.1) is 0 Å². The van der Waals surface area contributed by atoms with E-state index in [4.69, 9.17) is 9.72 Å². The van der Waals surface area contributed by atoms with Gasteiger partial charge in [-0.2, -0.15) is 0 Å². The number of carbonyl (C=O) groups excluding carboxylic acids is 1. The zero-order valence-corrected chi connectivity index (χ0v) is 18.2. The second-order valence-electron chi connectivity index (χ2n) is 8.24. The largest absolute Gasteiger partial charge is 0.493 e. The highest BCUT2D eigenvalue weighted by atomic mass is 32.1. The molecule has 3 aromatic rings. The molecule has 2 aliphatic rings. The maximum atomic E-state index is 12.7. The Balaban J connectivity index is 1.30. The Hall–Kier alpha value is -2.64. The molecule has 0 atom stereocenters. The number of nitrogens with one attached hydrogen (secondary N) is 1. The van der Waals surface area contributed by atoms with E-state index in [1.165, 1.54) is 0 Å². The number of ether oxygens (including phenoxy) is 1. The van der Waals surface area contributed by atoms with E-state index in [0.29, 0.717) is 18.2 Å². The SMILES string of the molecule is CN(C)C1CCN(c2nc3cc(NC(=O)c4ccc5c(c4)CCO5)ccc3s2)CC1. The highest BCUT2D eigenvalue weighted by Gasteiger charge is 2.23. The topological polar surface area (TPSA) is 57.7 Å². The molecule has 5 rings (SSSR count). The first-order valence-corrected chi connectivity index (χ1v) is 11.3. The van der Waals surface area contributed by atoms with E-state index in [1.54, 1.807) is 11.3 Å². The maximum absolute atomic E-state index is 12.7. The molecular weight excluding hydrogens is 396 g/mol. The van der Waals surface area contributed by atoms with E-state index in [2.05, 4.69) is 35.3 Å². The number of anilines is 2. The Kier molecular flexibility index (Phi) is 5.08. The van der Waals surface area contributed by atoms with Gasteiger partial charge in [0.05, 0.1) is 16.8 Å². The third kappa shape index (κ3) is 3.75. The molecule has 1 saturated heterocycles. The van der Waals surface area contributed by atoms with Crippen LogP contribution < -0.4 is 15.0 Å². The second kappa shape index (κ2) is 7.89. The van der Waals surface area contributed by atoms with Crippen molar-refractivity contribution in [1.29, 1.82) is 0 Å². The fraction of sp³-hybridized carbons (Fsp3) is 0.391. The Morgan fingerprint density at radius 3 is 2.83 bits per heavy atom. The molecule has 0 saturated carbocycles. The Morgan fingerprint density at radius 1 is 1.20 bits per heavy atom. The van der Waals surface area contributed by atoms with Gasteiger partial charge in [-0.05, 0) is 68.9 Å². The van der Waals surface area contributed by atoms with Gasteiger partial charge in [-0.1, -0.05) is 11.3 Å². The van der Waals surface area contributed by atoms with Crippen LogP contribution in [0.3, 0.4) is 0 Å². The van der Waals surface area contributed by atoms with Crippen LogP contribution in [0.2, 0.25) is 0 Å². The second-order valence-corrected chi connectivity index (χ2v) is 9.24. The van der Waals surface area contributed by atoms with Gasteiger partial charge >= 0.3 is 0 Å². The van der Waals surface area contributed by atoms with Gasteiger partial charge in [0.1, 0.15) is 5.75 Å². The van der Waals surface area contributed by atoms with Crippen LogP contribution in [-0.4, -0.2) is 55.6 Å². The molecule has 30 heavy (non-hydrogen) atoms. The van der Waals surface area contributed by atoms with Crippen LogP contribution in [0.1, 0.15) is 28.8 Å². The van der Waals surface area contributed by atoms with E-state index in [1.807, 2.05) is 30.3 Å². The minimum atomic E-state index is -0.106. The predicted octanol–water partition coefficient (Wildman–Crippen LogP) is 4.01. The Morgan fingerprint density at radius 2 is 2.03 bits per heavy atom. The van der Waals surface area contributed by atoms with Crippen LogP contribution in [0.5, 0.6) is 5.75 Å². The van der Waals surface area contributed by atoms with Crippen molar-refractivity contribution in [3.8, 4) is 5.75 Å². The number of nitrogens with zero attached hydrogens (tertiary/aromatic N) is 3. The maximum Gasteiger partial charge on any atom is 0.255 e. The molecule has 0 bridgehead atoms. The summed E-state index contributed by atoms with van der Waals surface area (Å²) in [5.74, 6) is 0.780. The van der Waals surface area contributed by atoms with Gasteiger partial charge in [0.25, 0.3) is 5.91 Å². The van der Waals surface area contributed by atoms with E-state index < -0.39 is 0 Å².